The number of benzene rings is 2. The van der Waals surface area contributed by atoms with Crippen LogP contribution in [-0.4, -0.2) is 5.84 Å². The summed E-state index contributed by atoms with van der Waals surface area (Å²) >= 11 is 3.09. The molecule has 0 aliphatic heterocycles. The van der Waals surface area contributed by atoms with Crippen LogP contribution < -0.4 is 10.5 Å². The summed E-state index contributed by atoms with van der Waals surface area (Å²) in [7, 11) is 0. The average molecular weight is 309 g/mol. The number of nitrogens with two attached hydrogens (primary N) is 1. The van der Waals surface area contributed by atoms with Crippen LogP contribution in [0.15, 0.2) is 46.9 Å². The summed E-state index contributed by atoms with van der Waals surface area (Å²) in [4.78, 5) is 0. The zero-order valence-electron chi connectivity index (χ0n) is 9.28. The molecule has 0 bridgehead atoms. The second kappa shape index (κ2) is 5.18. The summed E-state index contributed by atoms with van der Waals surface area (Å²) in [5, 5.41) is 7.27. The summed E-state index contributed by atoms with van der Waals surface area (Å²) in [5.74, 6) is 0.790. The third-order valence-corrected chi connectivity index (χ3v) is 2.90. The average Bonchev–Trinajstić information content (AvgIpc) is 2.34. The van der Waals surface area contributed by atoms with Crippen molar-refractivity contribution in [1.29, 1.82) is 5.41 Å². The van der Waals surface area contributed by atoms with Crippen LogP contribution in [0.25, 0.3) is 0 Å². The molecule has 2 aromatic carbocycles. The summed E-state index contributed by atoms with van der Waals surface area (Å²) in [6.07, 6.45) is 0. The van der Waals surface area contributed by atoms with Crippen LogP contribution >= 0.6 is 15.9 Å². The highest BCUT2D eigenvalue weighted by Gasteiger charge is 2.03. The topological polar surface area (TPSA) is 59.1 Å². The van der Waals surface area contributed by atoms with Crippen molar-refractivity contribution in [2.24, 2.45) is 5.73 Å². The SMILES string of the molecule is N=C(N)c1ccc(Oc2ccc(F)c(Br)c2)cc1. The first-order valence-electron chi connectivity index (χ1n) is 5.13. The van der Waals surface area contributed by atoms with Gasteiger partial charge in [-0.2, -0.15) is 0 Å². The predicted octanol–water partition coefficient (Wildman–Crippen LogP) is 3.66. The number of nitrogen functional groups attached to an aromatic ring is 1. The first-order chi connectivity index (χ1) is 8.56. The van der Waals surface area contributed by atoms with Gasteiger partial charge in [0.05, 0.1) is 4.47 Å². The van der Waals surface area contributed by atoms with Crippen LogP contribution in [0.3, 0.4) is 0 Å². The van der Waals surface area contributed by atoms with E-state index in [9.17, 15) is 4.39 Å². The second-order valence-electron chi connectivity index (χ2n) is 3.62. The van der Waals surface area contributed by atoms with Gasteiger partial charge in [-0.25, -0.2) is 4.39 Å². The number of rotatable bonds is 3. The molecule has 2 aromatic rings. The van der Waals surface area contributed by atoms with Crippen molar-refractivity contribution in [2.75, 3.05) is 0 Å². The van der Waals surface area contributed by atoms with Gasteiger partial charge in [0.2, 0.25) is 0 Å². The van der Waals surface area contributed by atoms with E-state index < -0.39 is 0 Å². The molecule has 0 saturated carbocycles. The van der Waals surface area contributed by atoms with E-state index in [-0.39, 0.29) is 11.7 Å². The van der Waals surface area contributed by atoms with E-state index in [1.807, 2.05) is 0 Å². The third-order valence-electron chi connectivity index (χ3n) is 2.29. The second-order valence-corrected chi connectivity index (χ2v) is 4.47. The molecule has 0 fully saturated rings. The molecule has 92 valence electrons. The molecule has 0 amide bonds. The Bertz CT molecular complexity index is 584. The molecule has 0 aliphatic carbocycles. The van der Waals surface area contributed by atoms with Gasteiger partial charge < -0.3 is 10.5 Å². The summed E-state index contributed by atoms with van der Waals surface area (Å²) in [6.45, 7) is 0. The molecule has 0 saturated heterocycles. The smallest absolute Gasteiger partial charge is 0.137 e. The van der Waals surface area contributed by atoms with Gasteiger partial charge in [0.15, 0.2) is 0 Å². The summed E-state index contributed by atoms with van der Waals surface area (Å²) < 4.78 is 18.9. The number of hydrogen-bond acceptors (Lipinski definition) is 2. The normalized spacial score (nSPS) is 10.1. The fourth-order valence-electron chi connectivity index (χ4n) is 1.38. The zero-order valence-corrected chi connectivity index (χ0v) is 10.9. The molecule has 3 nitrogen and oxygen atoms in total. The predicted molar refractivity (Wildman–Crippen MR) is 71.6 cm³/mol. The van der Waals surface area contributed by atoms with Gasteiger partial charge in [0.25, 0.3) is 0 Å². The van der Waals surface area contributed by atoms with Crippen molar-refractivity contribution in [3.05, 3.63) is 58.3 Å². The van der Waals surface area contributed by atoms with Crippen LogP contribution in [0, 0.1) is 11.2 Å². The standard InChI is InChI=1S/C13H10BrFN2O/c14-11-7-10(5-6-12(11)15)18-9-3-1-8(2-4-9)13(16)17/h1-7H,(H3,16,17). The van der Waals surface area contributed by atoms with Crippen molar-refractivity contribution in [3.63, 3.8) is 0 Å². The Morgan fingerprint density at radius 2 is 1.72 bits per heavy atom. The monoisotopic (exact) mass is 308 g/mol. The highest BCUT2D eigenvalue weighted by molar-refractivity contribution is 9.10. The molecule has 0 radical (unpaired) electrons. The van der Waals surface area contributed by atoms with Gasteiger partial charge >= 0.3 is 0 Å². The first-order valence-corrected chi connectivity index (χ1v) is 5.93. The van der Waals surface area contributed by atoms with Crippen LogP contribution in [0.2, 0.25) is 0 Å². The number of ether oxygens (including phenoxy) is 1. The molecule has 0 unspecified atom stereocenters. The Morgan fingerprint density at radius 1 is 1.11 bits per heavy atom. The molecular formula is C13H10BrFN2O. The van der Waals surface area contributed by atoms with Crippen LogP contribution in [0.1, 0.15) is 5.56 Å². The van der Waals surface area contributed by atoms with Crippen molar-refractivity contribution in [3.8, 4) is 11.5 Å². The molecule has 18 heavy (non-hydrogen) atoms. The van der Waals surface area contributed by atoms with E-state index in [1.165, 1.54) is 6.07 Å². The first kappa shape index (κ1) is 12.6. The highest BCUT2D eigenvalue weighted by atomic mass is 79.9. The molecule has 3 N–H and O–H groups in total. The minimum Gasteiger partial charge on any atom is -0.457 e. The molecular weight excluding hydrogens is 299 g/mol. The Morgan fingerprint density at radius 3 is 2.28 bits per heavy atom. The van der Waals surface area contributed by atoms with Gasteiger partial charge in [-0.1, -0.05) is 0 Å². The minimum atomic E-state index is -0.339. The van der Waals surface area contributed by atoms with Crippen molar-refractivity contribution < 1.29 is 9.13 Å². The molecule has 0 aliphatic rings. The molecule has 0 heterocycles. The van der Waals surface area contributed by atoms with E-state index in [0.717, 1.165) is 0 Å². The number of nitrogens with one attached hydrogen (secondary N) is 1. The molecule has 0 atom stereocenters. The fraction of sp³-hybridized carbons (Fsp3) is 0. The highest BCUT2D eigenvalue weighted by Crippen LogP contribution is 2.26. The number of amidine groups is 1. The van der Waals surface area contributed by atoms with Gasteiger partial charge in [-0.3, -0.25) is 5.41 Å². The quantitative estimate of drug-likeness (QED) is 0.671. The van der Waals surface area contributed by atoms with Gasteiger partial charge in [0, 0.05) is 5.56 Å². The van der Waals surface area contributed by atoms with E-state index in [0.29, 0.717) is 21.5 Å². The maximum atomic E-state index is 13.0. The Balaban J connectivity index is 2.18. The summed E-state index contributed by atoms with van der Waals surface area (Å²) in [5.41, 5.74) is 5.97. The Hall–Kier alpha value is -1.88. The maximum Gasteiger partial charge on any atom is 0.137 e. The maximum absolute atomic E-state index is 13.0. The van der Waals surface area contributed by atoms with Crippen molar-refractivity contribution in [1.82, 2.24) is 0 Å². The van der Waals surface area contributed by atoms with E-state index in [1.54, 1.807) is 36.4 Å². The van der Waals surface area contributed by atoms with Crippen molar-refractivity contribution >= 4 is 21.8 Å². The lowest BCUT2D eigenvalue weighted by atomic mass is 10.2. The molecule has 2 rings (SSSR count). The third kappa shape index (κ3) is 2.87. The number of hydrogen-bond donors (Lipinski definition) is 2. The van der Waals surface area contributed by atoms with Gasteiger partial charge in [-0.05, 0) is 58.4 Å². The Labute approximate surface area is 112 Å². The molecule has 0 spiro atoms. The fourth-order valence-corrected chi connectivity index (χ4v) is 1.74. The van der Waals surface area contributed by atoms with Crippen LogP contribution in [0.4, 0.5) is 4.39 Å². The largest absolute Gasteiger partial charge is 0.457 e. The zero-order chi connectivity index (χ0) is 13.1. The Kier molecular flexibility index (Phi) is 3.62. The number of halogens is 2. The van der Waals surface area contributed by atoms with Crippen LogP contribution in [0.5, 0.6) is 11.5 Å². The van der Waals surface area contributed by atoms with E-state index in [2.05, 4.69) is 15.9 Å². The lowest BCUT2D eigenvalue weighted by Gasteiger charge is -2.07. The van der Waals surface area contributed by atoms with Crippen LogP contribution in [-0.2, 0) is 0 Å². The lowest BCUT2D eigenvalue weighted by molar-refractivity contribution is 0.480. The van der Waals surface area contributed by atoms with Gasteiger partial charge in [0.1, 0.15) is 23.2 Å². The minimum absolute atomic E-state index is 0.00563. The van der Waals surface area contributed by atoms with Gasteiger partial charge in [-0.15, -0.1) is 0 Å². The van der Waals surface area contributed by atoms with E-state index >= 15 is 0 Å². The van der Waals surface area contributed by atoms with E-state index in [4.69, 9.17) is 15.9 Å². The van der Waals surface area contributed by atoms with Crippen molar-refractivity contribution in [2.45, 2.75) is 0 Å². The summed E-state index contributed by atoms with van der Waals surface area (Å²) in [6, 6.07) is 11.2. The molecule has 5 heteroatoms. The lowest BCUT2D eigenvalue weighted by Crippen LogP contribution is -2.10. The molecule has 0 aromatic heterocycles.